The Balaban J connectivity index is 2.99. The van der Waals surface area contributed by atoms with Crippen molar-refractivity contribution in [3.8, 4) is 5.75 Å². The summed E-state index contributed by atoms with van der Waals surface area (Å²) in [5.41, 5.74) is -0.550. The van der Waals surface area contributed by atoms with Crippen LogP contribution in [0.5, 0.6) is 5.75 Å². The van der Waals surface area contributed by atoms with Crippen LogP contribution in [0.4, 0.5) is 22.0 Å². The number of carboxylic acids is 1. The van der Waals surface area contributed by atoms with E-state index < -0.39 is 36.0 Å². The summed E-state index contributed by atoms with van der Waals surface area (Å²) in [7, 11) is 0. The molecular weight excluding hydrogens is 295 g/mol. The highest BCUT2D eigenvalue weighted by molar-refractivity contribution is 7.80. The molecule has 0 saturated heterocycles. The van der Waals surface area contributed by atoms with Crippen LogP contribution >= 0.6 is 12.6 Å². The maximum Gasteiger partial charge on any atom is 0.456 e. The van der Waals surface area contributed by atoms with Crippen molar-refractivity contribution in [3.63, 3.8) is 0 Å². The molecule has 3 nitrogen and oxygen atoms in total. The Labute approximate surface area is 109 Å². The summed E-state index contributed by atoms with van der Waals surface area (Å²) in [5, 5.41) is 8.76. The van der Waals surface area contributed by atoms with Gasteiger partial charge < -0.3 is 9.84 Å². The van der Waals surface area contributed by atoms with E-state index in [0.29, 0.717) is 0 Å². The van der Waals surface area contributed by atoms with Gasteiger partial charge in [-0.2, -0.15) is 22.0 Å². The van der Waals surface area contributed by atoms with Gasteiger partial charge in [-0.25, -0.2) is 4.79 Å². The highest BCUT2D eigenvalue weighted by atomic mass is 32.1. The van der Waals surface area contributed by atoms with E-state index in [9.17, 15) is 26.7 Å². The molecule has 0 aliphatic rings. The summed E-state index contributed by atoms with van der Waals surface area (Å²) in [6.45, 7) is -2.02. The predicted octanol–water partition coefficient (Wildman–Crippen LogP) is 3.25. The van der Waals surface area contributed by atoms with E-state index in [-0.39, 0.29) is 4.90 Å². The highest BCUT2D eigenvalue weighted by Crippen LogP contribution is 2.37. The minimum atomic E-state index is -5.78. The molecule has 0 spiro atoms. The van der Waals surface area contributed by atoms with Gasteiger partial charge in [0, 0.05) is 4.90 Å². The molecule has 0 bridgehead atoms. The summed E-state index contributed by atoms with van der Waals surface area (Å²) < 4.78 is 65.4. The molecule has 0 saturated carbocycles. The van der Waals surface area contributed by atoms with Crippen LogP contribution < -0.4 is 4.74 Å². The largest absolute Gasteiger partial charge is 0.485 e. The Morgan fingerprint density at radius 3 is 2.32 bits per heavy atom. The lowest BCUT2D eigenvalue weighted by Gasteiger charge is -2.20. The zero-order valence-corrected chi connectivity index (χ0v) is 9.93. The van der Waals surface area contributed by atoms with E-state index in [2.05, 4.69) is 17.4 Å². The number of alkyl halides is 5. The first-order valence-electron chi connectivity index (χ1n) is 4.69. The van der Waals surface area contributed by atoms with Gasteiger partial charge in [-0.1, -0.05) is 6.07 Å². The zero-order valence-electron chi connectivity index (χ0n) is 9.04. The molecule has 0 amide bonds. The Morgan fingerprint density at radius 1 is 1.26 bits per heavy atom. The number of carboxylic acid groups (broad SMARTS) is 1. The van der Waals surface area contributed by atoms with Crippen LogP contribution in [-0.4, -0.2) is 29.8 Å². The first-order valence-corrected chi connectivity index (χ1v) is 5.13. The fourth-order valence-electron chi connectivity index (χ4n) is 1.09. The molecule has 9 heteroatoms. The summed E-state index contributed by atoms with van der Waals surface area (Å²) in [5.74, 6) is -7.25. The van der Waals surface area contributed by atoms with E-state index in [4.69, 9.17) is 5.11 Å². The number of para-hydroxylation sites is 1. The molecule has 0 aliphatic carbocycles. The maximum absolute atomic E-state index is 12.7. The number of ether oxygens (including phenoxy) is 1. The van der Waals surface area contributed by atoms with Crippen molar-refractivity contribution in [2.45, 2.75) is 17.0 Å². The highest BCUT2D eigenvalue weighted by Gasteiger charge is 2.58. The van der Waals surface area contributed by atoms with Gasteiger partial charge in [0.05, 0.1) is 0 Å². The molecule has 0 radical (unpaired) electrons. The molecule has 0 heterocycles. The molecule has 1 rings (SSSR count). The normalized spacial score (nSPS) is 12.3. The molecule has 1 aromatic rings. The lowest BCUT2D eigenvalue weighted by molar-refractivity contribution is -0.290. The van der Waals surface area contributed by atoms with Crippen LogP contribution in [-0.2, 0) is 0 Å². The number of rotatable bonds is 4. The molecule has 0 aliphatic heterocycles. The fourth-order valence-corrected chi connectivity index (χ4v) is 1.36. The van der Waals surface area contributed by atoms with Crippen LogP contribution in [0.2, 0.25) is 0 Å². The van der Waals surface area contributed by atoms with Crippen LogP contribution in [0.15, 0.2) is 23.1 Å². The molecule has 106 valence electrons. The van der Waals surface area contributed by atoms with E-state index in [0.717, 1.165) is 6.07 Å². The summed E-state index contributed by atoms with van der Waals surface area (Å²) >= 11 is 3.75. The summed E-state index contributed by atoms with van der Waals surface area (Å²) in [6, 6.07) is 3.46. The molecule has 1 N–H and O–H groups in total. The SMILES string of the molecule is O=C(O)c1cccc(S)c1OCC(F)(F)C(F)(F)F. The lowest BCUT2D eigenvalue weighted by atomic mass is 10.2. The fraction of sp³-hybridized carbons (Fsp3) is 0.300. The predicted molar refractivity (Wildman–Crippen MR) is 57.2 cm³/mol. The van der Waals surface area contributed by atoms with Crippen LogP contribution in [0.25, 0.3) is 0 Å². The van der Waals surface area contributed by atoms with Crippen molar-refractivity contribution in [2.24, 2.45) is 0 Å². The van der Waals surface area contributed by atoms with Crippen molar-refractivity contribution >= 4 is 18.6 Å². The van der Waals surface area contributed by atoms with Gasteiger partial charge >= 0.3 is 18.1 Å². The van der Waals surface area contributed by atoms with Gasteiger partial charge in [-0.3, -0.25) is 0 Å². The van der Waals surface area contributed by atoms with Crippen molar-refractivity contribution in [1.82, 2.24) is 0 Å². The van der Waals surface area contributed by atoms with Gasteiger partial charge in [0.2, 0.25) is 0 Å². The zero-order chi connectivity index (χ0) is 14.8. The third-order valence-corrected chi connectivity index (χ3v) is 2.39. The summed E-state index contributed by atoms with van der Waals surface area (Å²) in [6.07, 6.45) is -5.78. The van der Waals surface area contributed by atoms with Crippen molar-refractivity contribution in [1.29, 1.82) is 0 Å². The topological polar surface area (TPSA) is 46.5 Å². The smallest absolute Gasteiger partial charge is 0.456 e. The number of hydrogen-bond donors (Lipinski definition) is 2. The maximum atomic E-state index is 12.7. The third-order valence-electron chi connectivity index (χ3n) is 2.04. The molecule has 19 heavy (non-hydrogen) atoms. The molecule has 0 unspecified atom stereocenters. The number of hydrogen-bond acceptors (Lipinski definition) is 3. The number of thiol groups is 1. The second-order valence-electron chi connectivity index (χ2n) is 3.45. The first kappa shape index (κ1) is 15.5. The standard InChI is InChI=1S/C10H7F5O3S/c11-9(12,10(13,14)15)4-18-7-5(8(16)17)2-1-3-6(7)19/h1-3,19H,4H2,(H,16,17). The van der Waals surface area contributed by atoms with Crippen LogP contribution in [0.3, 0.4) is 0 Å². The second kappa shape index (κ2) is 5.24. The number of benzene rings is 1. The number of halogens is 5. The van der Waals surface area contributed by atoms with Gasteiger partial charge in [-0.05, 0) is 12.1 Å². The molecule has 0 atom stereocenters. The Bertz CT molecular complexity index is 487. The minimum absolute atomic E-state index is 0.155. The van der Waals surface area contributed by atoms with Crippen molar-refractivity contribution in [3.05, 3.63) is 23.8 Å². The van der Waals surface area contributed by atoms with Crippen LogP contribution in [0, 0.1) is 0 Å². The van der Waals surface area contributed by atoms with E-state index in [1.807, 2.05) is 0 Å². The lowest BCUT2D eigenvalue weighted by Crippen LogP contribution is -2.42. The van der Waals surface area contributed by atoms with E-state index >= 15 is 0 Å². The molecular formula is C10H7F5O3S. The molecule has 0 fully saturated rings. The minimum Gasteiger partial charge on any atom is -0.485 e. The van der Waals surface area contributed by atoms with E-state index in [1.165, 1.54) is 12.1 Å². The van der Waals surface area contributed by atoms with E-state index in [1.54, 1.807) is 0 Å². The second-order valence-corrected chi connectivity index (χ2v) is 3.93. The van der Waals surface area contributed by atoms with Gasteiger partial charge in [0.1, 0.15) is 11.3 Å². The average molecular weight is 302 g/mol. The average Bonchev–Trinajstić information content (AvgIpc) is 2.25. The number of carbonyl (C=O) groups is 1. The van der Waals surface area contributed by atoms with Crippen molar-refractivity contribution < 1.29 is 36.6 Å². The Morgan fingerprint density at radius 2 is 1.84 bits per heavy atom. The third kappa shape index (κ3) is 3.49. The van der Waals surface area contributed by atoms with Gasteiger partial charge in [0.25, 0.3) is 0 Å². The van der Waals surface area contributed by atoms with Crippen molar-refractivity contribution in [2.75, 3.05) is 6.61 Å². The molecule has 0 aromatic heterocycles. The Kier molecular flexibility index (Phi) is 4.28. The quantitative estimate of drug-likeness (QED) is 0.663. The monoisotopic (exact) mass is 302 g/mol. The van der Waals surface area contributed by atoms with Crippen LogP contribution in [0.1, 0.15) is 10.4 Å². The van der Waals surface area contributed by atoms with Gasteiger partial charge in [-0.15, -0.1) is 12.6 Å². The summed E-state index contributed by atoms with van der Waals surface area (Å²) in [4.78, 5) is 10.6. The van der Waals surface area contributed by atoms with Gasteiger partial charge in [0.15, 0.2) is 6.61 Å². The number of aromatic carboxylic acids is 1. The molecule has 1 aromatic carbocycles. The Hall–Kier alpha value is -1.51. The first-order chi connectivity index (χ1) is 8.56.